The van der Waals surface area contributed by atoms with Gasteiger partial charge < -0.3 is 0 Å². The van der Waals surface area contributed by atoms with Gasteiger partial charge in [0, 0.05) is 13.1 Å². The molecular formula is C12H18N2O4S2. The van der Waals surface area contributed by atoms with E-state index in [0.29, 0.717) is 0 Å². The topological polar surface area (TPSA) is 74.8 Å². The predicted octanol–water partition coefficient (Wildman–Crippen LogP) is 1.03. The third kappa shape index (κ3) is 2.37. The van der Waals surface area contributed by atoms with Crippen molar-refractivity contribution in [2.24, 2.45) is 0 Å². The molecule has 0 aromatic carbocycles. The lowest BCUT2D eigenvalue weighted by atomic mass is 10.0. The van der Waals surface area contributed by atoms with Crippen LogP contribution < -0.4 is 0 Å². The van der Waals surface area contributed by atoms with E-state index in [9.17, 15) is 18.0 Å². The molecule has 2 amide bonds. The number of amides is 2. The molecule has 3 aliphatic rings. The lowest BCUT2D eigenvalue weighted by Gasteiger charge is -2.43. The molecule has 0 bridgehead atoms. The molecule has 3 rings (SSSR count). The number of carbonyl (C=O) groups excluding carboxylic acids is 2. The Balaban J connectivity index is 1.62. The summed E-state index contributed by atoms with van der Waals surface area (Å²) in [5, 5.41) is -0.508. The number of hydrogen-bond acceptors (Lipinski definition) is 5. The van der Waals surface area contributed by atoms with E-state index in [1.807, 2.05) is 0 Å². The molecule has 20 heavy (non-hydrogen) atoms. The third-order valence-electron chi connectivity index (χ3n) is 4.31. The van der Waals surface area contributed by atoms with Gasteiger partial charge in [-0.05, 0) is 12.8 Å². The molecule has 8 heteroatoms. The van der Waals surface area contributed by atoms with Gasteiger partial charge >= 0.3 is 0 Å². The van der Waals surface area contributed by atoms with E-state index < -0.39 is 10.0 Å². The van der Waals surface area contributed by atoms with Crippen LogP contribution in [0.4, 0.5) is 4.79 Å². The fourth-order valence-corrected chi connectivity index (χ4v) is 5.97. The fraction of sp³-hybridized carbons (Fsp3) is 0.833. The van der Waals surface area contributed by atoms with Crippen LogP contribution in [0.1, 0.15) is 32.1 Å². The Morgan fingerprint density at radius 3 is 2.25 bits per heavy atom. The minimum absolute atomic E-state index is 0.185. The van der Waals surface area contributed by atoms with Crippen molar-refractivity contribution in [1.82, 2.24) is 9.21 Å². The first kappa shape index (κ1) is 14.3. The van der Waals surface area contributed by atoms with Gasteiger partial charge in [0.1, 0.15) is 0 Å². The molecule has 0 N–H and O–H groups in total. The van der Waals surface area contributed by atoms with Gasteiger partial charge in [0.25, 0.3) is 5.24 Å². The Labute approximate surface area is 122 Å². The molecule has 1 saturated carbocycles. The normalized spacial score (nSPS) is 27.1. The first-order chi connectivity index (χ1) is 9.50. The van der Waals surface area contributed by atoms with Gasteiger partial charge in [0.15, 0.2) is 0 Å². The average molecular weight is 318 g/mol. The first-order valence-corrected chi connectivity index (χ1v) is 9.47. The predicted molar refractivity (Wildman–Crippen MR) is 75.9 cm³/mol. The molecule has 0 unspecified atom stereocenters. The zero-order valence-corrected chi connectivity index (χ0v) is 12.8. The Kier molecular flexibility index (Phi) is 3.81. The van der Waals surface area contributed by atoms with E-state index in [2.05, 4.69) is 0 Å². The summed E-state index contributed by atoms with van der Waals surface area (Å²) in [5.41, 5.74) is 0. The summed E-state index contributed by atoms with van der Waals surface area (Å²) in [4.78, 5) is 24.4. The molecule has 0 aromatic heterocycles. The number of carbonyl (C=O) groups is 2. The minimum Gasteiger partial charge on any atom is -0.273 e. The highest BCUT2D eigenvalue weighted by Gasteiger charge is 2.47. The second-order valence-corrected chi connectivity index (χ2v) is 8.73. The second kappa shape index (κ2) is 5.31. The number of sulfonamides is 1. The van der Waals surface area contributed by atoms with Crippen molar-refractivity contribution < 1.29 is 18.0 Å². The van der Waals surface area contributed by atoms with Gasteiger partial charge in [-0.2, -0.15) is 4.31 Å². The summed E-state index contributed by atoms with van der Waals surface area (Å²) < 4.78 is 26.3. The van der Waals surface area contributed by atoms with Crippen molar-refractivity contribution in [1.29, 1.82) is 0 Å². The van der Waals surface area contributed by atoms with Crippen LogP contribution in [0, 0.1) is 0 Å². The maximum Gasteiger partial charge on any atom is 0.289 e. The fourth-order valence-electron chi connectivity index (χ4n) is 3.08. The second-order valence-electron chi connectivity index (χ2n) is 5.59. The van der Waals surface area contributed by atoms with Gasteiger partial charge in [-0.3, -0.25) is 14.5 Å². The van der Waals surface area contributed by atoms with Crippen molar-refractivity contribution in [2.75, 3.05) is 18.8 Å². The van der Waals surface area contributed by atoms with E-state index >= 15 is 0 Å². The van der Waals surface area contributed by atoms with E-state index in [1.54, 1.807) is 0 Å². The van der Waals surface area contributed by atoms with Crippen LogP contribution in [-0.2, 0) is 14.8 Å². The smallest absolute Gasteiger partial charge is 0.273 e. The Hall–Kier alpha value is -0.600. The van der Waals surface area contributed by atoms with Gasteiger partial charge in [-0.1, -0.05) is 31.0 Å². The molecule has 6 nitrogen and oxygen atoms in total. The Morgan fingerprint density at radius 2 is 1.70 bits per heavy atom. The summed E-state index contributed by atoms with van der Waals surface area (Å²) in [6.45, 7) is 0.549. The number of thioether (sulfide) groups is 1. The SMILES string of the molecule is O=C1CSC(=O)N1C1CN(S(=O)(=O)C2CCCCC2)C1. The molecule has 2 saturated heterocycles. The van der Waals surface area contributed by atoms with Crippen LogP contribution >= 0.6 is 11.8 Å². The maximum absolute atomic E-state index is 12.4. The van der Waals surface area contributed by atoms with Crippen molar-refractivity contribution in [2.45, 2.75) is 43.4 Å². The molecule has 3 fully saturated rings. The van der Waals surface area contributed by atoms with Crippen LogP contribution in [0.2, 0.25) is 0 Å². The van der Waals surface area contributed by atoms with Crippen molar-refractivity contribution in [3.05, 3.63) is 0 Å². The minimum atomic E-state index is -3.25. The van der Waals surface area contributed by atoms with E-state index in [-0.39, 0.29) is 41.3 Å². The molecule has 112 valence electrons. The lowest BCUT2D eigenvalue weighted by molar-refractivity contribution is -0.127. The molecule has 2 heterocycles. The summed E-state index contributed by atoms with van der Waals surface area (Å²) in [6.07, 6.45) is 4.53. The third-order valence-corrected chi connectivity index (χ3v) is 7.48. The summed E-state index contributed by atoms with van der Waals surface area (Å²) >= 11 is 0.997. The number of hydrogen-bond donors (Lipinski definition) is 0. The van der Waals surface area contributed by atoms with Crippen molar-refractivity contribution >= 4 is 32.9 Å². The number of imide groups is 1. The zero-order valence-electron chi connectivity index (χ0n) is 11.2. The van der Waals surface area contributed by atoms with Gasteiger partial charge in [-0.25, -0.2) is 8.42 Å². The molecule has 1 aliphatic carbocycles. The van der Waals surface area contributed by atoms with E-state index in [1.165, 1.54) is 9.21 Å². The molecule has 0 spiro atoms. The maximum atomic E-state index is 12.4. The number of rotatable bonds is 3. The van der Waals surface area contributed by atoms with Gasteiger partial charge in [0.2, 0.25) is 15.9 Å². The summed E-state index contributed by atoms with van der Waals surface area (Å²) in [6, 6.07) is -0.261. The first-order valence-electron chi connectivity index (χ1n) is 6.98. The highest BCUT2D eigenvalue weighted by Crippen LogP contribution is 2.32. The largest absolute Gasteiger partial charge is 0.289 e. The van der Waals surface area contributed by atoms with Crippen LogP contribution in [0.5, 0.6) is 0 Å². The Bertz CT molecular complexity index is 506. The summed E-state index contributed by atoms with van der Waals surface area (Å²) in [5.74, 6) is -0.00948. The van der Waals surface area contributed by atoms with Crippen LogP contribution in [0.15, 0.2) is 0 Å². The standard InChI is InChI=1S/C12H18N2O4S2/c15-11-8-19-12(16)14(11)9-6-13(7-9)20(17,18)10-4-2-1-3-5-10/h9-10H,1-8H2. The highest BCUT2D eigenvalue weighted by molar-refractivity contribution is 8.14. The van der Waals surface area contributed by atoms with E-state index in [0.717, 1.165) is 43.9 Å². The van der Waals surface area contributed by atoms with Crippen LogP contribution in [-0.4, -0.2) is 58.9 Å². The molecule has 0 radical (unpaired) electrons. The van der Waals surface area contributed by atoms with Crippen molar-refractivity contribution in [3.63, 3.8) is 0 Å². The number of nitrogens with zero attached hydrogens (tertiary/aromatic N) is 2. The Morgan fingerprint density at radius 1 is 1.05 bits per heavy atom. The van der Waals surface area contributed by atoms with Crippen molar-refractivity contribution in [3.8, 4) is 0 Å². The molecule has 2 aliphatic heterocycles. The average Bonchev–Trinajstić information content (AvgIpc) is 2.70. The van der Waals surface area contributed by atoms with Gasteiger partial charge in [0.05, 0.1) is 17.0 Å². The van der Waals surface area contributed by atoms with Crippen LogP contribution in [0.3, 0.4) is 0 Å². The van der Waals surface area contributed by atoms with E-state index in [4.69, 9.17) is 0 Å². The molecule has 0 aromatic rings. The quantitative estimate of drug-likeness (QED) is 0.777. The van der Waals surface area contributed by atoms with Gasteiger partial charge in [-0.15, -0.1) is 0 Å². The highest BCUT2D eigenvalue weighted by atomic mass is 32.2. The lowest BCUT2D eigenvalue weighted by Crippen LogP contribution is -2.63. The summed E-state index contributed by atoms with van der Waals surface area (Å²) in [7, 11) is -3.25. The zero-order chi connectivity index (χ0) is 14.3. The van der Waals surface area contributed by atoms with Crippen LogP contribution in [0.25, 0.3) is 0 Å². The monoisotopic (exact) mass is 318 g/mol. The molecular weight excluding hydrogens is 300 g/mol. The molecule has 0 atom stereocenters.